The van der Waals surface area contributed by atoms with Crippen molar-refractivity contribution >= 4 is 33.0 Å². The molecule has 2 aromatic carbocycles. The molecular weight excluding hydrogens is 340 g/mol. The number of nitrogens with one attached hydrogen (secondary N) is 1. The number of aromatic nitrogens is 3. The Balaban J connectivity index is 1.63. The zero-order valence-corrected chi connectivity index (χ0v) is 14.6. The van der Waals surface area contributed by atoms with Crippen LogP contribution >= 0.6 is 22.9 Å². The molecule has 0 aliphatic carbocycles. The first-order valence-corrected chi connectivity index (χ1v) is 8.79. The molecule has 4 nitrogen and oxygen atoms in total. The lowest BCUT2D eigenvalue weighted by Crippen LogP contribution is -2.01. The highest BCUT2D eigenvalue weighted by Crippen LogP contribution is 2.30. The number of hydrogen-bond acceptors (Lipinski definition) is 4. The third kappa shape index (κ3) is 2.77. The van der Waals surface area contributed by atoms with Crippen LogP contribution < -0.4 is 5.32 Å². The maximum atomic E-state index is 6.30. The number of nitrogens with zero attached hydrogens (tertiary/aromatic N) is 3. The summed E-state index contributed by atoms with van der Waals surface area (Å²) >= 11 is 7.83. The molecule has 0 fully saturated rings. The Hall–Kier alpha value is -2.37. The monoisotopic (exact) mass is 354 g/mol. The predicted molar refractivity (Wildman–Crippen MR) is 99.8 cm³/mol. The van der Waals surface area contributed by atoms with Gasteiger partial charge in [-0.1, -0.05) is 65.4 Å². The molecule has 120 valence electrons. The third-order valence-corrected chi connectivity index (χ3v) is 5.14. The first kappa shape index (κ1) is 15.2. The maximum Gasteiger partial charge on any atom is 0.214 e. The van der Waals surface area contributed by atoms with Crippen LogP contribution in [0.2, 0.25) is 5.02 Å². The number of hydrogen-bond donors (Lipinski definition) is 1. The molecule has 4 aromatic rings. The molecule has 0 spiro atoms. The number of fused-ring (bicyclic) bond motifs is 1. The second kappa shape index (κ2) is 6.26. The molecule has 0 atom stereocenters. The molecule has 2 aromatic heterocycles. The van der Waals surface area contributed by atoms with Crippen molar-refractivity contribution < 1.29 is 0 Å². The molecular formula is C18H15ClN4S. The number of rotatable bonds is 4. The van der Waals surface area contributed by atoms with Gasteiger partial charge in [0.1, 0.15) is 0 Å². The van der Waals surface area contributed by atoms with Gasteiger partial charge < -0.3 is 5.32 Å². The van der Waals surface area contributed by atoms with E-state index in [1.807, 2.05) is 47.1 Å². The van der Waals surface area contributed by atoms with Crippen LogP contribution in [-0.4, -0.2) is 14.6 Å². The summed E-state index contributed by atoms with van der Waals surface area (Å²) in [6.07, 6.45) is 1.81. The Morgan fingerprint density at radius 3 is 2.75 bits per heavy atom. The van der Waals surface area contributed by atoms with Crippen molar-refractivity contribution in [1.82, 2.24) is 14.6 Å². The highest BCUT2D eigenvalue weighted by molar-refractivity contribution is 7.20. The minimum atomic E-state index is 0.696. The van der Waals surface area contributed by atoms with Crippen molar-refractivity contribution in [2.24, 2.45) is 0 Å². The molecule has 0 bridgehead atoms. The summed E-state index contributed by atoms with van der Waals surface area (Å²) in [5, 5.41) is 9.56. The van der Waals surface area contributed by atoms with Crippen molar-refractivity contribution in [3.63, 3.8) is 0 Å². The van der Waals surface area contributed by atoms with Gasteiger partial charge >= 0.3 is 0 Å². The van der Waals surface area contributed by atoms with Gasteiger partial charge in [0.25, 0.3) is 0 Å². The second-order valence-corrected chi connectivity index (χ2v) is 6.87. The zero-order valence-electron chi connectivity index (χ0n) is 13.0. The zero-order chi connectivity index (χ0) is 16.5. The Morgan fingerprint density at radius 1 is 1.12 bits per heavy atom. The van der Waals surface area contributed by atoms with Crippen molar-refractivity contribution in [3.8, 4) is 11.3 Å². The third-order valence-electron chi connectivity index (χ3n) is 3.93. The first-order chi connectivity index (χ1) is 11.7. The first-order valence-electron chi connectivity index (χ1n) is 7.60. The second-order valence-electron chi connectivity index (χ2n) is 5.50. The number of anilines is 1. The molecule has 4 rings (SSSR count). The van der Waals surface area contributed by atoms with E-state index in [1.165, 1.54) is 22.5 Å². The van der Waals surface area contributed by atoms with E-state index in [-0.39, 0.29) is 0 Å². The molecule has 0 amide bonds. The van der Waals surface area contributed by atoms with Crippen LogP contribution in [0.5, 0.6) is 0 Å². The highest BCUT2D eigenvalue weighted by atomic mass is 35.5. The molecule has 0 unspecified atom stereocenters. The van der Waals surface area contributed by atoms with E-state index >= 15 is 0 Å². The minimum absolute atomic E-state index is 0.696. The summed E-state index contributed by atoms with van der Waals surface area (Å²) in [7, 11) is 0. The normalized spacial score (nSPS) is 11.1. The summed E-state index contributed by atoms with van der Waals surface area (Å²) in [5.74, 6) is 0. The molecule has 0 radical (unpaired) electrons. The van der Waals surface area contributed by atoms with Crippen LogP contribution in [-0.2, 0) is 6.54 Å². The smallest absolute Gasteiger partial charge is 0.214 e. The standard InChI is InChI=1S/C18H15ClN4S/c1-12-6-2-3-7-13(12)10-20-17-22-23-16(11-21-18(23)24-17)14-8-4-5-9-15(14)19/h2-9,11H,10H2,1H3,(H,20,22). The summed E-state index contributed by atoms with van der Waals surface area (Å²) in [6, 6.07) is 16.1. The molecule has 24 heavy (non-hydrogen) atoms. The lowest BCUT2D eigenvalue weighted by atomic mass is 10.1. The largest absolute Gasteiger partial charge is 0.356 e. The van der Waals surface area contributed by atoms with Crippen LogP contribution in [0.25, 0.3) is 16.2 Å². The van der Waals surface area contributed by atoms with Gasteiger partial charge in [0.2, 0.25) is 10.1 Å². The van der Waals surface area contributed by atoms with E-state index in [9.17, 15) is 0 Å². The molecule has 0 saturated carbocycles. The van der Waals surface area contributed by atoms with Crippen LogP contribution in [0, 0.1) is 6.92 Å². The Kier molecular flexibility index (Phi) is 3.96. The van der Waals surface area contributed by atoms with E-state index in [2.05, 4.69) is 34.5 Å². The fourth-order valence-corrected chi connectivity index (χ4v) is 3.60. The van der Waals surface area contributed by atoms with Gasteiger partial charge in [-0.05, 0) is 24.1 Å². The quantitative estimate of drug-likeness (QED) is 0.558. The van der Waals surface area contributed by atoms with Crippen LogP contribution in [0.15, 0.2) is 54.7 Å². The SMILES string of the molecule is Cc1ccccc1CNc1nn2c(-c3ccccc3Cl)cnc2s1. The van der Waals surface area contributed by atoms with Crippen LogP contribution in [0.4, 0.5) is 5.13 Å². The number of imidazole rings is 1. The Labute approximate surface area is 148 Å². The van der Waals surface area contributed by atoms with Crippen molar-refractivity contribution in [3.05, 3.63) is 70.9 Å². The van der Waals surface area contributed by atoms with E-state index in [0.717, 1.165) is 27.9 Å². The molecule has 2 heterocycles. The van der Waals surface area contributed by atoms with E-state index in [0.29, 0.717) is 5.02 Å². The van der Waals surface area contributed by atoms with Gasteiger partial charge in [0, 0.05) is 12.1 Å². The van der Waals surface area contributed by atoms with Gasteiger partial charge in [0.05, 0.1) is 16.9 Å². The molecule has 0 saturated heterocycles. The van der Waals surface area contributed by atoms with E-state index < -0.39 is 0 Å². The minimum Gasteiger partial charge on any atom is -0.356 e. The molecule has 0 aliphatic heterocycles. The van der Waals surface area contributed by atoms with Gasteiger partial charge in [0.15, 0.2) is 0 Å². The van der Waals surface area contributed by atoms with Gasteiger partial charge in [-0.15, -0.1) is 5.10 Å². The average molecular weight is 355 g/mol. The lowest BCUT2D eigenvalue weighted by Gasteiger charge is -2.05. The Morgan fingerprint density at radius 2 is 1.92 bits per heavy atom. The van der Waals surface area contributed by atoms with Gasteiger partial charge in [-0.25, -0.2) is 9.50 Å². The topological polar surface area (TPSA) is 42.2 Å². The van der Waals surface area contributed by atoms with Crippen LogP contribution in [0.3, 0.4) is 0 Å². The Bertz CT molecular complexity index is 1010. The highest BCUT2D eigenvalue weighted by Gasteiger charge is 2.13. The fourth-order valence-electron chi connectivity index (χ4n) is 2.60. The fraction of sp³-hybridized carbons (Fsp3) is 0.111. The maximum absolute atomic E-state index is 6.30. The van der Waals surface area contributed by atoms with E-state index in [4.69, 9.17) is 11.6 Å². The number of benzene rings is 2. The number of aryl methyl sites for hydroxylation is 1. The molecule has 1 N–H and O–H groups in total. The average Bonchev–Trinajstić information content (AvgIpc) is 3.15. The molecule has 6 heteroatoms. The van der Waals surface area contributed by atoms with Crippen molar-refractivity contribution in [2.45, 2.75) is 13.5 Å². The number of halogens is 1. The van der Waals surface area contributed by atoms with Crippen molar-refractivity contribution in [1.29, 1.82) is 0 Å². The van der Waals surface area contributed by atoms with Crippen LogP contribution in [0.1, 0.15) is 11.1 Å². The molecule has 0 aliphatic rings. The van der Waals surface area contributed by atoms with Gasteiger partial charge in [-0.3, -0.25) is 0 Å². The van der Waals surface area contributed by atoms with Crippen molar-refractivity contribution in [2.75, 3.05) is 5.32 Å². The summed E-state index contributed by atoms with van der Waals surface area (Å²) in [6.45, 7) is 2.85. The summed E-state index contributed by atoms with van der Waals surface area (Å²) in [5.41, 5.74) is 4.36. The lowest BCUT2D eigenvalue weighted by molar-refractivity contribution is 0.966. The predicted octanol–water partition coefficient (Wildman–Crippen LogP) is 5.03. The van der Waals surface area contributed by atoms with Gasteiger partial charge in [-0.2, -0.15) is 0 Å². The van der Waals surface area contributed by atoms with E-state index in [1.54, 1.807) is 0 Å². The summed E-state index contributed by atoms with van der Waals surface area (Å²) in [4.78, 5) is 5.29. The summed E-state index contributed by atoms with van der Waals surface area (Å²) < 4.78 is 1.84.